The molecule has 0 aromatic heterocycles. The van der Waals surface area contributed by atoms with Crippen LogP contribution in [0.2, 0.25) is 0 Å². The van der Waals surface area contributed by atoms with Crippen molar-refractivity contribution >= 4 is 5.78 Å². The summed E-state index contributed by atoms with van der Waals surface area (Å²) in [7, 11) is 1.69. The van der Waals surface area contributed by atoms with Gasteiger partial charge in [0.25, 0.3) is 0 Å². The highest BCUT2D eigenvalue weighted by Gasteiger charge is 2.33. The van der Waals surface area contributed by atoms with Gasteiger partial charge in [-0.2, -0.15) is 0 Å². The molecule has 0 bridgehead atoms. The molecule has 0 N–H and O–H groups in total. The van der Waals surface area contributed by atoms with Crippen LogP contribution in [0.5, 0.6) is 11.5 Å². The minimum absolute atomic E-state index is 0.0325. The summed E-state index contributed by atoms with van der Waals surface area (Å²) in [5.74, 6) is 1.90. The number of carbonyl (C=O) groups excluding carboxylic acids is 1. The van der Waals surface area contributed by atoms with Crippen molar-refractivity contribution in [2.45, 2.75) is 27.3 Å². The molecule has 2 aliphatic heterocycles. The van der Waals surface area contributed by atoms with E-state index in [1.54, 1.807) is 7.11 Å². The average molecular weight is 303 g/mol. The van der Waals surface area contributed by atoms with Crippen molar-refractivity contribution in [2.75, 3.05) is 27.0 Å². The van der Waals surface area contributed by atoms with E-state index in [4.69, 9.17) is 14.2 Å². The van der Waals surface area contributed by atoms with E-state index in [2.05, 4.69) is 4.90 Å². The third kappa shape index (κ3) is 2.40. The summed E-state index contributed by atoms with van der Waals surface area (Å²) in [4.78, 5) is 14.6. The zero-order valence-corrected chi connectivity index (χ0v) is 13.5. The molecule has 0 saturated heterocycles. The second-order valence-corrected chi connectivity index (χ2v) is 5.95. The van der Waals surface area contributed by atoms with Gasteiger partial charge in [0.2, 0.25) is 5.78 Å². The maximum Gasteiger partial charge on any atom is 0.231 e. The number of benzene rings is 1. The fourth-order valence-corrected chi connectivity index (χ4v) is 2.88. The third-order valence-corrected chi connectivity index (χ3v) is 4.04. The van der Waals surface area contributed by atoms with Gasteiger partial charge in [-0.3, -0.25) is 9.69 Å². The fourth-order valence-electron chi connectivity index (χ4n) is 2.88. The van der Waals surface area contributed by atoms with E-state index in [9.17, 15) is 4.79 Å². The first kappa shape index (κ1) is 15.1. The number of allylic oxidation sites excluding steroid dienone is 2. The number of hydrogen-bond donors (Lipinski definition) is 0. The molecular formula is C17H21NO4. The summed E-state index contributed by atoms with van der Waals surface area (Å²) in [6, 6.07) is 1.91. The second-order valence-electron chi connectivity index (χ2n) is 5.95. The van der Waals surface area contributed by atoms with E-state index in [0.29, 0.717) is 30.4 Å². The maximum atomic E-state index is 12.5. The minimum atomic E-state index is -0.0325. The summed E-state index contributed by atoms with van der Waals surface area (Å²) in [5.41, 5.74) is 3.47. The van der Waals surface area contributed by atoms with Crippen LogP contribution in [0.4, 0.5) is 0 Å². The zero-order valence-electron chi connectivity index (χ0n) is 13.5. The first-order valence-electron chi connectivity index (χ1n) is 7.43. The molecule has 3 rings (SSSR count). The molecule has 2 heterocycles. The molecule has 0 spiro atoms. The topological polar surface area (TPSA) is 48.0 Å². The summed E-state index contributed by atoms with van der Waals surface area (Å²) in [6.45, 7) is 8.46. The first-order valence-corrected chi connectivity index (χ1v) is 7.43. The Hall–Kier alpha value is -1.85. The summed E-state index contributed by atoms with van der Waals surface area (Å²) >= 11 is 0. The number of Topliss-reactive ketones (excluding diaryl/α,β-unsaturated/α-hetero) is 1. The molecule has 118 valence electrons. The van der Waals surface area contributed by atoms with Gasteiger partial charge in [0.15, 0.2) is 5.76 Å². The van der Waals surface area contributed by atoms with E-state index in [1.807, 2.05) is 26.8 Å². The van der Waals surface area contributed by atoms with Crippen molar-refractivity contribution < 1.29 is 19.0 Å². The van der Waals surface area contributed by atoms with Crippen LogP contribution in [0, 0.1) is 6.92 Å². The van der Waals surface area contributed by atoms with Gasteiger partial charge < -0.3 is 14.2 Å². The van der Waals surface area contributed by atoms with Crippen molar-refractivity contribution in [3.05, 3.63) is 34.1 Å². The molecule has 0 unspecified atom stereocenters. The Morgan fingerprint density at radius 1 is 1.36 bits per heavy atom. The van der Waals surface area contributed by atoms with Crippen LogP contribution >= 0.6 is 0 Å². The molecule has 0 fully saturated rings. The Kier molecular flexibility index (Phi) is 3.93. The van der Waals surface area contributed by atoms with Crippen molar-refractivity contribution in [3.8, 4) is 11.5 Å². The lowest BCUT2D eigenvalue weighted by molar-refractivity contribution is 0.0649. The monoisotopic (exact) mass is 303 g/mol. The number of ketones is 1. The Labute approximate surface area is 130 Å². The number of carbonyl (C=O) groups is 1. The number of ether oxygens (including phenoxy) is 3. The van der Waals surface area contributed by atoms with Gasteiger partial charge in [-0.1, -0.05) is 0 Å². The summed E-state index contributed by atoms with van der Waals surface area (Å²) in [6.07, 6.45) is 0. The van der Waals surface area contributed by atoms with E-state index >= 15 is 0 Å². The quantitative estimate of drug-likeness (QED) is 0.803. The maximum absolute atomic E-state index is 12.5. The Balaban J connectivity index is 1.96. The SMILES string of the molecule is COCCN1COc2c(cc3c(c2C)OC(=C(C)C)C3=O)C1. The predicted molar refractivity (Wildman–Crippen MR) is 82.3 cm³/mol. The zero-order chi connectivity index (χ0) is 15.9. The Bertz CT molecular complexity index is 659. The molecule has 5 heteroatoms. The summed E-state index contributed by atoms with van der Waals surface area (Å²) < 4.78 is 16.8. The molecule has 0 amide bonds. The van der Waals surface area contributed by atoms with E-state index < -0.39 is 0 Å². The molecule has 5 nitrogen and oxygen atoms in total. The molecule has 0 atom stereocenters. The van der Waals surface area contributed by atoms with Gasteiger partial charge in [0.05, 0.1) is 12.2 Å². The van der Waals surface area contributed by atoms with Crippen LogP contribution < -0.4 is 9.47 Å². The Morgan fingerprint density at radius 2 is 2.14 bits per heavy atom. The lowest BCUT2D eigenvalue weighted by Gasteiger charge is -2.30. The van der Waals surface area contributed by atoms with Gasteiger partial charge in [0, 0.05) is 31.3 Å². The Morgan fingerprint density at radius 3 is 2.82 bits per heavy atom. The molecular weight excluding hydrogens is 282 g/mol. The van der Waals surface area contributed by atoms with E-state index in [0.717, 1.165) is 35.5 Å². The summed E-state index contributed by atoms with van der Waals surface area (Å²) in [5, 5.41) is 0. The van der Waals surface area contributed by atoms with Crippen molar-refractivity contribution in [3.63, 3.8) is 0 Å². The highest BCUT2D eigenvalue weighted by molar-refractivity contribution is 6.13. The number of nitrogens with zero attached hydrogens (tertiary/aromatic N) is 1. The van der Waals surface area contributed by atoms with E-state index in [-0.39, 0.29) is 5.78 Å². The largest absolute Gasteiger partial charge is 0.477 e. The van der Waals surface area contributed by atoms with Crippen LogP contribution in [0.3, 0.4) is 0 Å². The molecule has 0 aliphatic carbocycles. The predicted octanol–water partition coefficient (Wildman–Crippen LogP) is 2.66. The van der Waals surface area contributed by atoms with Gasteiger partial charge in [-0.05, 0) is 32.4 Å². The normalized spacial score (nSPS) is 16.9. The highest BCUT2D eigenvalue weighted by atomic mass is 16.5. The number of fused-ring (bicyclic) bond motifs is 2. The number of methoxy groups -OCH3 is 1. The molecule has 22 heavy (non-hydrogen) atoms. The van der Waals surface area contributed by atoms with Crippen molar-refractivity contribution in [2.24, 2.45) is 0 Å². The van der Waals surface area contributed by atoms with Crippen LogP contribution in [-0.4, -0.2) is 37.7 Å². The number of hydrogen-bond acceptors (Lipinski definition) is 5. The molecule has 1 aromatic rings. The third-order valence-electron chi connectivity index (χ3n) is 4.04. The molecule has 2 aliphatic rings. The van der Waals surface area contributed by atoms with Gasteiger partial charge >= 0.3 is 0 Å². The van der Waals surface area contributed by atoms with Crippen LogP contribution in [0.15, 0.2) is 17.4 Å². The molecule has 0 saturated carbocycles. The lowest BCUT2D eigenvalue weighted by Crippen LogP contribution is -2.34. The lowest BCUT2D eigenvalue weighted by atomic mass is 10.00. The smallest absolute Gasteiger partial charge is 0.231 e. The standard InChI is InChI=1S/C17H21NO4/c1-10(2)15-14(19)13-7-12-8-18(5-6-20-4)9-21-16(12)11(3)17(13)22-15/h7H,5-6,8-9H2,1-4H3. The van der Waals surface area contributed by atoms with Crippen LogP contribution in [-0.2, 0) is 11.3 Å². The highest BCUT2D eigenvalue weighted by Crippen LogP contribution is 2.43. The van der Waals surface area contributed by atoms with Crippen molar-refractivity contribution in [1.82, 2.24) is 4.90 Å². The van der Waals surface area contributed by atoms with Crippen molar-refractivity contribution in [1.29, 1.82) is 0 Å². The van der Waals surface area contributed by atoms with Gasteiger partial charge in [0.1, 0.15) is 18.2 Å². The van der Waals surface area contributed by atoms with Crippen LogP contribution in [0.1, 0.15) is 35.3 Å². The van der Waals surface area contributed by atoms with Crippen LogP contribution in [0.25, 0.3) is 0 Å². The van der Waals surface area contributed by atoms with Gasteiger partial charge in [-0.25, -0.2) is 0 Å². The molecule has 0 radical (unpaired) electrons. The fraction of sp³-hybridized carbons (Fsp3) is 0.471. The second kappa shape index (κ2) is 5.74. The first-order chi connectivity index (χ1) is 10.5. The van der Waals surface area contributed by atoms with E-state index in [1.165, 1.54) is 0 Å². The van der Waals surface area contributed by atoms with Gasteiger partial charge in [-0.15, -0.1) is 0 Å². The minimum Gasteiger partial charge on any atom is -0.477 e. The average Bonchev–Trinajstić information content (AvgIpc) is 2.83. The number of rotatable bonds is 3. The molecule has 1 aromatic carbocycles.